The minimum absolute atomic E-state index is 0.123. The molecule has 3 heterocycles. The van der Waals surface area contributed by atoms with Crippen LogP contribution in [0.25, 0.3) is 5.82 Å². The molecule has 1 aliphatic heterocycles. The van der Waals surface area contributed by atoms with Gasteiger partial charge in [-0.1, -0.05) is 6.07 Å². The number of carbonyl (C=O) groups excluding carboxylic acids is 1. The Hall–Kier alpha value is -3.47. The van der Waals surface area contributed by atoms with E-state index in [1.54, 1.807) is 47.6 Å². The number of sulfonamides is 1. The van der Waals surface area contributed by atoms with Crippen molar-refractivity contribution in [2.24, 2.45) is 5.92 Å². The summed E-state index contributed by atoms with van der Waals surface area (Å²) in [6.07, 6.45) is 7.69. The fourth-order valence-corrected chi connectivity index (χ4v) is 3.55. The summed E-state index contributed by atoms with van der Waals surface area (Å²) in [4.78, 5) is 27.0. The maximum absolute atomic E-state index is 12.5. The molecule has 0 unspecified atom stereocenters. The van der Waals surface area contributed by atoms with Crippen LogP contribution in [-0.4, -0.2) is 53.2 Å². The molecule has 0 atom stereocenters. The summed E-state index contributed by atoms with van der Waals surface area (Å²) in [6.45, 7) is 1.07. The van der Waals surface area contributed by atoms with Crippen molar-refractivity contribution in [1.29, 1.82) is 0 Å². The molecule has 0 radical (unpaired) electrons. The van der Waals surface area contributed by atoms with E-state index in [2.05, 4.69) is 25.0 Å². The van der Waals surface area contributed by atoms with Gasteiger partial charge in [-0.25, -0.2) is 23.4 Å². The van der Waals surface area contributed by atoms with Gasteiger partial charge in [0.25, 0.3) is 0 Å². The second-order valence-corrected chi connectivity index (χ2v) is 8.50. The molecule has 10 nitrogen and oxygen atoms in total. The van der Waals surface area contributed by atoms with Crippen molar-refractivity contribution in [3.8, 4) is 5.82 Å². The first-order chi connectivity index (χ1) is 13.9. The average molecular weight is 413 g/mol. The third-order valence-electron chi connectivity index (χ3n) is 4.42. The highest BCUT2D eigenvalue weighted by molar-refractivity contribution is 7.92. The van der Waals surface area contributed by atoms with Crippen LogP contribution in [0.1, 0.15) is 0 Å². The molecule has 1 aromatic carbocycles. The number of hydrogen-bond donors (Lipinski definition) is 2. The first-order valence-corrected chi connectivity index (χ1v) is 10.7. The van der Waals surface area contributed by atoms with Crippen molar-refractivity contribution in [2.45, 2.75) is 0 Å². The maximum atomic E-state index is 12.5. The summed E-state index contributed by atoms with van der Waals surface area (Å²) in [7, 11) is -3.38. The lowest BCUT2D eigenvalue weighted by Gasteiger charge is -2.39. The number of nitrogens with zero attached hydrogens (tertiary/aromatic N) is 5. The minimum Gasteiger partial charge on any atom is -0.355 e. The van der Waals surface area contributed by atoms with E-state index in [0.717, 1.165) is 12.1 Å². The Kier molecular flexibility index (Phi) is 4.89. The Balaban J connectivity index is 1.36. The topological polar surface area (TPSA) is 122 Å². The molecule has 0 spiro atoms. The van der Waals surface area contributed by atoms with Crippen molar-refractivity contribution in [2.75, 3.05) is 34.3 Å². The Morgan fingerprint density at radius 2 is 1.90 bits per heavy atom. The number of imidazole rings is 1. The SMILES string of the molecule is CS(=O)(=O)Nc1cccc(NC(=O)C2CN(c3cc(-n4ccnc4)ncn3)C2)c1. The number of aromatic nitrogens is 4. The zero-order chi connectivity index (χ0) is 20.4. The molecular formula is C18H19N7O3S. The molecule has 150 valence electrons. The number of anilines is 3. The summed E-state index contributed by atoms with van der Waals surface area (Å²) in [5.41, 5.74) is 0.931. The van der Waals surface area contributed by atoms with Crippen LogP contribution in [0.15, 0.2) is 55.4 Å². The van der Waals surface area contributed by atoms with E-state index in [4.69, 9.17) is 0 Å². The molecule has 3 aromatic rings. The molecule has 0 bridgehead atoms. The first-order valence-electron chi connectivity index (χ1n) is 8.81. The standard InChI is InChI=1S/C18H19N7O3S/c1-29(27,28)23-15-4-2-3-14(7-15)22-18(26)13-9-25(10-13)17-8-16(20-11-21-17)24-6-5-19-12-24/h2-8,11-13,23H,9-10H2,1H3,(H,22,26). The molecule has 1 saturated heterocycles. The molecule has 4 rings (SSSR count). The van der Waals surface area contributed by atoms with Gasteiger partial charge in [0.1, 0.15) is 24.3 Å². The normalized spacial score (nSPS) is 14.3. The Bertz CT molecular complexity index is 1130. The van der Waals surface area contributed by atoms with Gasteiger partial charge < -0.3 is 10.2 Å². The largest absolute Gasteiger partial charge is 0.355 e. The summed E-state index contributed by atoms with van der Waals surface area (Å²) in [5, 5.41) is 2.83. The van der Waals surface area contributed by atoms with E-state index in [9.17, 15) is 13.2 Å². The second-order valence-electron chi connectivity index (χ2n) is 6.75. The number of rotatable bonds is 6. The van der Waals surface area contributed by atoms with Gasteiger partial charge in [0.2, 0.25) is 15.9 Å². The van der Waals surface area contributed by atoms with E-state index >= 15 is 0 Å². The van der Waals surface area contributed by atoms with Crippen molar-refractivity contribution >= 4 is 33.1 Å². The highest BCUT2D eigenvalue weighted by Gasteiger charge is 2.33. The van der Waals surface area contributed by atoms with Crippen LogP contribution in [0.2, 0.25) is 0 Å². The van der Waals surface area contributed by atoms with Gasteiger partial charge in [-0.15, -0.1) is 0 Å². The van der Waals surface area contributed by atoms with Gasteiger partial charge in [-0.05, 0) is 18.2 Å². The van der Waals surface area contributed by atoms with E-state index < -0.39 is 10.0 Å². The highest BCUT2D eigenvalue weighted by atomic mass is 32.2. The van der Waals surface area contributed by atoms with E-state index in [1.807, 2.05) is 11.0 Å². The average Bonchev–Trinajstić information content (AvgIpc) is 3.14. The third-order valence-corrected chi connectivity index (χ3v) is 5.02. The Morgan fingerprint density at radius 3 is 2.62 bits per heavy atom. The van der Waals surface area contributed by atoms with Crippen LogP contribution in [0.5, 0.6) is 0 Å². The molecule has 1 fully saturated rings. The van der Waals surface area contributed by atoms with Crippen LogP contribution < -0.4 is 14.9 Å². The highest BCUT2D eigenvalue weighted by Crippen LogP contribution is 2.25. The molecular weight excluding hydrogens is 394 g/mol. The summed E-state index contributed by atoms with van der Waals surface area (Å²) in [6, 6.07) is 8.43. The quantitative estimate of drug-likeness (QED) is 0.621. The zero-order valence-electron chi connectivity index (χ0n) is 15.6. The van der Waals surface area contributed by atoms with Crippen molar-refractivity contribution in [1.82, 2.24) is 19.5 Å². The zero-order valence-corrected chi connectivity index (χ0v) is 16.4. The molecule has 0 saturated carbocycles. The van der Waals surface area contributed by atoms with Gasteiger partial charge in [-0.2, -0.15) is 0 Å². The Morgan fingerprint density at radius 1 is 1.14 bits per heavy atom. The summed E-state index contributed by atoms with van der Waals surface area (Å²) in [5.74, 6) is 1.14. The predicted octanol–water partition coefficient (Wildman–Crippen LogP) is 1.11. The number of hydrogen-bond acceptors (Lipinski definition) is 7. The molecule has 29 heavy (non-hydrogen) atoms. The van der Waals surface area contributed by atoms with Gasteiger partial charge in [0.05, 0.1) is 17.9 Å². The van der Waals surface area contributed by atoms with E-state index in [-0.39, 0.29) is 11.8 Å². The molecule has 1 amide bonds. The molecule has 11 heteroatoms. The van der Waals surface area contributed by atoms with Gasteiger partial charge in [-0.3, -0.25) is 14.1 Å². The second kappa shape index (κ2) is 7.51. The first kappa shape index (κ1) is 18.9. The smallest absolute Gasteiger partial charge is 0.231 e. The molecule has 1 aliphatic rings. The molecule has 2 N–H and O–H groups in total. The minimum atomic E-state index is -3.38. The lowest BCUT2D eigenvalue weighted by molar-refractivity contribution is -0.120. The number of carbonyl (C=O) groups is 1. The van der Waals surface area contributed by atoms with Crippen LogP contribution in [-0.2, 0) is 14.8 Å². The van der Waals surface area contributed by atoms with Crippen LogP contribution in [0.4, 0.5) is 17.2 Å². The number of benzene rings is 1. The van der Waals surface area contributed by atoms with Gasteiger partial charge in [0, 0.05) is 37.2 Å². The van der Waals surface area contributed by atoms with Crippen molar-refractivity contribution in [3.05, 3.63) is 55.4 Å². The summed E-state index contributed by atoms with van der Waals surface area (Å²) < 4.78 is 26.9. The monoisotopic (exact) mass is 413 g/mol. The fraction of sp³-hybridized carbons (Fsp3) is 0.222. The lowest BCUT2D eigenvalue weighted by Crippen LogP contribution is -2.52. The van der Waals surface area contributed by atoms with Crippen LogP contribution >= 0.6 is 0 Å². The predicted molar refractivity (Wildman–Crippen MR) is 108 cm³/mol. The van der Waals surface area contributed by atoms with Crippen molar-refractivity contribution in [3.63, 3.8) is 0 Å². The van der Waals surface area contributed by atoms with Crippen LogP contribution in [0, 0.1) is 5.92 Å². The number of amides is 1. The van der Waals surface area contributed by atoms with E-state index in [1.165, 1.54) is 6.33 Å². The molecule has 2 aromatic heterocycles. The van der Waals surface area contributed by atoms with Crippen molar-refractivity contribution < 1.29 is 13.2 Å². The third kappa shape index (κ3) is 4.51. The number of nitrogens with one attached hydrogen (secondary N) is 2. The lowest BCUT2D eigenvalue weighted by atomic mass is 9.99. The maximum Gasteiger partial charge on any atom is 0.231 e. The molecule has 0 aliphatic carbocycles. The van der Waals surface area contributed by atoms with Crippen LogP contribution in [0.3, 0.4) is 0 Å². The summed E-state index contributed by atoms with van der Waals surface area (Å²) >= 11 is 0. The van der Waals surface area contributed by atoms with Gasteiger partial charge in [0.15, 0.2) is 0 Å². The fourth-order valence-electron chi connectivity index (χ4n) is 3.00. The van der Waals surface area contributed by atoms with E-state index in [0.29, 0.717) is 30.3 Å². The Labute approximate surface area is 167 Å². The van der Waals surface area contributed by atoms with Gasteiger partial charge >= 0.3 is 0 Å².